The Hall–Kier alpha value is -3.02. The van der Waals surface area contributed by atoms with Crippen molar-refractivity contribution >= 4 is 22.9 Å². The van der Waals surface area contributed by atoms with Crippen LogP contribution in [0.5, 0.6) is 0 Å². The number of rotatable bonds is 6. The van der Waals surface area contributed by atoms with Gasteiger partial charge in [-0.1, -0.05) is 47.6 Å². The molecule has 6 heteroatoms. The lowest BCUT2D eigenvalue weighted by Crippen LogP contribution is -2.36. The third kappa shape index (κ3) is 8.50. The molecular formula is C35H56N6. The molecule has 0 aliphatic heterocycles. The highest BCUT2D eigenvalue weighted by atomic mass is 15.2. The Bertz CT molecular complexity index is 1500. The topological polar surface area (TPSA) is 58.7 Å². The average Bonchev–Trinajstić information content (AvgIpc) is 3.21. The molecule has 6 nitrogen and oxygen atoms in total. The molecule has 0 bridgehead atoms. The van der Waals surface area contributed by atoms with E-state index in [0.29, 0.717) is 5.41 Å². The lowest BCUT2D eigenvalue weighted by atomic mass is 9.82. The number of fused-ring (bicyclic) bond motifs is 2. The maximum absolute atomic E-state index is 4.72. The summed E-state index contributed by atoms with van der Waals surface area (Å²) in [5, 5.41) is 7.42. The highest BCUT2D eigenvalue weighted by molar-refractivity contribution is 5.60. The van der Waals surface area contributed by atoms with Crippen molar-refractivity contribution in [3.63, 3.8) is 0 Å². The molecule has 0 amide bonds. The first-order valence-electron chi connectivity index (χ1n) is 15.0. The van der Waals surface area contributed by atoms with Gasteiger partial charge >= 0.3 is 0 Å². The molecule has 0 radical (unpaired) electrons. The molecule has 0 aliphatic carbocycles. The zero-order valence-corrected chi connectivity index (χ0v) is 28.6. The maximum atomic E-state index is 4.72. The van der Waals surface area contributed by atoms with Crippen molar-refractivity contribution in [3.8, 4) is 0 Å². The third-order valence-corrected chi connectivity index (χ3v) is 7.10. The van der Waals surface area contributed by atoms with Gasteiger partial charge in [-0.3, -0.25) is 8.80 Å². The van der Waals surface area contributed by atoms with Crippen LogP contribution in [0.2, 0.25) is 0 Å². The van der Waals surface area contributed by atoms with Crippen LogP contribution in [0.25, 0.3) is 11.3 Å². The third-order valence-electron chi connectivity index (χ3n) is 7.10. The van der Waals surface area contributed by atoms with E-state index in [0.717, 1.165) is 47.2 Å². The number of imidazole rings is 2. The molecule has 4 aromatic heterocycles. The molecule has 4 rings (SSSR count). The summed E-state index contributed by atoms with van der Waals surface area (Å²) in [5.74, 6) is 2.23. The summed E-state index contributed by atoms with van der Waals surface area (Å²) in [7, 11) is 0. The van der Waals surface area contributed by atoms with E-state index in [9.17, 15) is 0 Å². The Kier molecular flexibility index (Phi) is 8.99. The largest absolute Gasteiger partial charge is 0.365 e. The summed E-state index contributed by atoms with van der Waals surface area (Å²) in [6.07, 6.45) is 4.27. The average molecular weight is 561 g/mol. The Morgan fingerprint density at radius 1 is 0.683 bits per heavy atom. The van der Waals surface area contributed by atoms with Crippen molar-refractivity contribution in [1.82, 2.24) is 18.8 Å². The second kappa shape index (κ2) is 11.3. The summed E-state index contributed by atoms with van der Waals surface area (Å²) in [6, 6.07) is 8.52. The summed E-state index contributed by atoms with van der Waals surface area (Å²) in [6.45, 7) is 33.2. The lowest BCUT2D eigenvalue weighted by molar-refractivity contribution is 0.301. The first kappa shape index (κ1) is 32.5. The van der Waals surface area contributed by atoms with Crippen LogP contribution in [-0.2, 0) is 0 Å². The molecule has 226 valence electrons. The van der Waals surface area contributed by atoms with E-state index in [2.05, 4.69) is 154 Å². The summed E-state index contributed by atoms with van der Waals surface area (Å²) in [5.41, 5.74) is 8.50. The lowest BCUT2D eigenvalue weighted by Gasteiger charge is -2.34. The molecule has 0 saturated carbocycles. The monoisotopic (exact) mass is 560 g/mol. The fraction of sp³-hybridized carbons (Fsp3) is 0.600. The van der Waals surface area contributed by atoms with Crippen molar-refractivity contribution in [1.29, 1.82) is 0 Å². The first-order chi connectivity index (χ1) is 18.6. The minimum atomic E-state index is 0.0241. The van der Waals surface area contributed by atoms with Gasteiger partial charge in [-0.05, 0) is 115 Å². The number of nitrogens with one attached hydrogen (secondary N) is 2. The molecule has 0 atom stereocenters. The van der Waals surface area contributed by atoms with Gasteiger partial charge in [-0.2, -0.15) is 0 Å². The van der Waals surface area contributed by atoms with Crippen LogP contribution in [-0.4, -0.2) is 29.8 Å². The molecule has 0 aromatic carbocycles. The zero-order chi connectivity index (χ0) is 31.1. The van der Waals surface area contributed by atoms with Crippen LogP contribution in [0.3, 0.4) is 0 Å². The fourth-order valence-electron chi connectivity index (χ4n) is 6.64. The number of hydrogen-bond acceptors (Lipinski definition) is 4. The van der Waals surface area contributed by atoms with Gasteiger partial charge in [0.2, 0.25) is 0 Å². The quantitative estimate of drug-likeness (QED) is 0.247. The number of aromatic nitrogens is 4. The van der Waals surface area contributed by atoms with Crippen LogP contribution in [0.4, 0.5) is 11.6 Å². The van der Waals surface area contributed by atoms with Crippen molar-refractivity contribution in [2.24, 2.45) is 10.8 Å². The Morgan fingerprint density at radius 2 is 1.20 bits per heavy atom. The minimum absolute atomic E-state index is 0.0241. The molecule has 4 aromatic rings. The maximum Gasteiger partial charge on any atom is 0.141 e. The van der Waals surface area contributed by atoms with E-state index in [4.69, 9.17) is 9.97 Å². The van der Waals surface area contributed by atoms with E-state index >= 15 is 0 Å². The summed E-state index contributed by atoms with van der Waals surface area (Å²) >= 11 is 0. The fourth-order valence-corrected chi connectivity index (χ4v) is 6.64. The van der Waals surface area contributed by atoms with Gasteiger partial charge in [0.05, 0.1) is 11.4 Å². The van der Waals surface area contributed by atoms with Crippen LogP contribution in [0.15, 0.2) is 30.5 Å². The van der Waals surface area contributed by atoms with Crippen molar-refractivity contribution < 1.29 is 0 Å². The van der Waals surface area contributed by atoms with Gasteiger partial charge in [0.1, 0.15) is 22.9 Å². The number of anilines is 2. The Morgan fingerprint density at radius 3 is 1.73 bits per heavy atom. The summed E-state index contributed by atoms with van der Waals surface area (Å²) in [4.78, 5) is 9.41. The Balaban J connectivity index is 0.000000226. The van der Waals surface area contributed by atoms with E-state index in [1.54, 1.807) is 0 Å². The highest BCUT2D eigenvalue weighted by Gasteiger charge is 2.28. The van der Waals surface area contributed by atoms with Gasteiger partial charge in [0.25, 0.3) is 0 Å². The van der Waals surface area contributed by atoms with Gasteiger partial charge in [0.15, 0.2) is 0 Å². The molecular weight excluding hydrogens is 504 g/mol. The molecule has 0 spiro atoms. The molecule has 0 saturated heterocycles. The van der Waals surface area contributed by atoms with Crippen LogP contribution >= 0.6 is 0 Å². The molecule has 4 heterocycles. The van der Waals surface area contributed by atoms with E-state index < -0.39 is 0 Å². The summed E-state index contributed by atoms with van der Waals surface area (Å²) < 4.78 is 4.39. The van der Waals surface area contributed by atoms with Gasteiger partial charge in [0, 0.05) is 23.0 Å². The van der Waals surface area contributed by atoms with Crippen LogP contribution in [0.1, 0.15) is 110 Å². The zero-order valence-electron chi connectivity index (χ0n) is 28.6. The predicted molar refractivity (Wildman–Crippen MR) is 178 cm³/mol. The number of hydrogen-bond donors (Lipinski definition) is 2. The standard InChI is InChI=1S/C18H29N3.C17H27N3/c1-12-9-13(2)21-15(10-12)19-14(3)16(21)20-18(7,8)11-17(4,5)6;1-12-9-8-10-20-14(12)18-13(2)15(20)19-17(6,7)11-16(3,4)5/h9-10,20H,11H2,1-8H3;8-10,19H,11H2,1-7H3. The molecule has 0 aliphatic rings. The predicted octanol–water partition coefficient (Wildman–Crippen LogP) is 9.46. The second-order valence-corrected chi connectivity index (χ2v) is 15.8. The van der Waals surface area contributed by atoms with Crippen molar-refractivity contribution in [3.05, 3.63) is 58.7 Å². The van der Waals surface area contributed by atoms with Gasteiger partial charge in [-0.25, -0.2) is 9.97 Å². The van der Waals surface area contributed by atoms with E-state index in [-0.39, 0.29) is 16.5 Å². The molecule has 41 heavy (non-hydrogen) atoms. The Labute approximate surface area is 249 Å². The van der Waals surface area contributed by atoms with E-state index in [1.807, 2.05) is 0 Å². The van der Waals surface area contributed by atoms with E-state index in [1.165, 1.54) is 16.8 Å². The normalized spacial score (nSPS) is 13.0. The first-order valence-corrected chi connectivity index (χ1v) is 15.0. The number of pyridine rings is 2. The second-order valence-electron chi connectivity index (χ2n) is 15.8. The molecule has 0 fully saturated rings. The minimum Gasteiger partial charge on any atom is -0.365 e. The molecule has 0 unspecified atom stereocenters. The molecule has 2 N–H and O–H groups in total. The van der Waals surface area contributed by atoms with Gasteiger partial charge in [-0.15, -0.1) is 0 Å². The van der Waals surface area contributed by atoms with Crippen LogP contribution in [0, 0.1) is 45.4 Å². The van der Waals surface area contributed by atoms with Crippen LogP contribution < -0.4 is 10.6 Å². The highest BCUT2D eigenvalue weighted by Crippen LogP contribution is 2.33. The number of nitrogens with zero attached hydrogens (tertiary/aromatic N) is 4. The van der Waals surface area contributed by atoms with Crippen molar-refractivity contribution in [2.45, 2.75) is 128 Å². The van der Waals surface area contributed by atoms with Gasteiger partial charge < -0.3 is 10.6 Å². The smallest absolute Gasteiger partial charge is 0.141 e. The number of aryl methyl sites for hydroxylation is 5. The SMILES string of the molecule is Cc1cc(C)n2c(NC(C)(C)CC(C)(C)C)c(C)nc2c1.Cc1nc2c(C)cccn2c1NC(C)(C)CC(C)(C)C. The van der Waals surface area contributed by atoms with Crippen molar-refractivity contribution in [2.75, 3.05) is 10.6 Å².